The molecule has 2 rings (SSSR count). The molecule has 0 aliphatic carbocycles. The fourth-order valence-electron chi connectivity index (χ4n) is 1.87. The van der Waals surface area contributed by atoms with Crippen molar-refractivity contribution in [1.29, 1.82) is 0 Å². The number of aliphatic hydroxyl groups is 2. The number of hydrogen-bond donors (Lipinski definition) is 2. The van der Waals surface area contributed by atoms with Gasteiger partial charge in [0.15, 0.2) is 0 Å². The van der Waals surface area contributed by atoms with Crippen molar-refractivity contribution in [2.45, 2.75) is 23.5 Å². The Morgan fingerprint density at radius 2 is 2.22 bits per heavy atom. The second-order valence-corrected chi connectivity index (χ2v) is 5.49. The molecule has 0 radical (unpaired) electrons. The third-order valence-electron chi connectivity index (χ3n) is 2.76. The van der Waals surface area contributed by atoms with Gasteiger partial charge >= 0.3 is 6.61 Å². The summed E-state index contributed by atoms with van der Waals surface area (Å²) in [7, 11) is 0. The monoisotopic (exact) mass is 296 g/mol. The van der Waals surface area contributed by atoms with Crippen LogP contribution in [0.5, 0.6) is 5.75 Å². The summed E-state index contributed by atoms with van der Waals surface area (Å²) in [6.45, 7) is -3.45. The fourth-order valence-corrected chi connectivity index (χ4v) is 3.37. The molecule has 0 spiro atoms. The topological polar surface area (TPSA) is 49.7 Å². The predicted octanol–water partition coefficient (Wildman–Crippen LogP) is 2.62. The highest BCUT2D eigenvalue weighted by Crippen LogP contribution is 2.46. The lowest BCUT2D eigenvalue weighted by Gasteiger charge is -2.33. The minimum atomic E-state index is -2.96. The maximum absolute atomic E-state index is 12.3. The van der Waals surface area contributed by atoms with Crippen LogP contribution >= 0.6 is 23.4 Å². The van der Waals surface area contributed by atoms with E-state index in [0.717, 1.165) is 0 Å². The van der Waals surface area contributed by atoms with Crippen LogP contribution in [0.3, 0.4) is 0 Å². The Morgan fingerprint density at radius 1 is 1.50 bits per heavy atom. The minimum Gasteiger partial charge on any atom is -0.434 e. The number of hydrogen-bond acceptors (Lipinski definition) is 4. The number of halogens is 3. The molecular weight excluding hydrogens is 286 g/mol. The fraction of sp³-hybridized carbons (Fsp3) is 0.455. The lowest BCUT2D eigenvalue weighted by molar-refractivity contribution is -0.0539. The van der Waals surface area contributed by atoms with Gasteiger partial charge in [-0.1, -0.05) is 11.6 Å². The number of aliphatic hydroxyl groups excluding tert-OH is 1. The summed E-state index contributed by atoms with van der Waals surface area (Å²) in [5.41, 5.74) is -1.12. The summed E-state index contributed by atoms with van der Waals surface area (Å²) in [6.07, 6.45) is 0.329. The first-order valence-electron chi connectivity index (χ1n) is 5.21. The van der Waals surface area contributed by atoms with E-state index in [2.05, 4.69) is 4.74 Å². The molecule has 100 valence electrons. The first-order valence-corrected chi connectivity index (χ1v) is 6.57. The maximum atomic E-state index is 12.3. The van der Waals surface area contributed by atoms with Crippen LogP contribution in [0.25, 0.3) is 0 Å². The molecule has 0 amide bonds. The van der Waals surface area contributed by atoms with Gasteiger partial charge in [-0.15, -0.1) is 11.8 Å². The summed E-state index contributed by atoms with van der Waals surface area (Å²) in [5, 5.41) is 19.7. The Balaban J connectivity index is 2.52. The predicted molar refractivity (Wildman–Crippen MR) is 64.4 cm³/mol. The Labute approximate surface area is 112 Å². The van der Waals surface area contributed by atoms with Gasteiger partial charge in [-0.2, -0.15) is 8.78 Å². The number of fused-ring (bicyclic) bond motifs is 1. The third-order valence-corrected chi connectivity index (χ3v) is 4.10. The smallest absolute Gasteiger partial charge is 0.387 e. The molecule has 2 N–H and O–H groups in total. The normalized spacial score (nSPS) is 23.0. The third kappa shape index (κ3) is 2.56. The number of ether oxygens (including phenoxy) is 1. The number of rotatable bonds is 3. The van der Waals surface area contributed by atoms with Crippen molar-refractivity contribution in [3.8, 4) is 5.75 Å². The molecule has 1 unspecified atom stereocenters. The molecule has 7 heteroatoms. The molecule has 0 aromatic heterocycles. The summed E-state index contributed by atoms with van der Waals surface area (Å²) < 4.78 is 29.0. The lowest BCUT2D eigenvalue weighted by atomic mass is 9.91. The van der Waals surface area contributed by atoms with E-state index in [9.17, 15) is 19.0 Å². The quantitative estimate of drug-likeness (QED) is 0.900. The van der Waals surface area contributed by atoms with Gasteiger partial charge in [-0.3, -0.25) is 0 Å². The molecule has 0 saturated carbocycles. The highest BCUT2D eigenvalue weighted by Gasteiger charge is 2.36. The molecular formula is C11H11ClF2O3S. The van der Waals surface area contributed by atoms with Crippen LogP contribution in [0.2, 0.25) is 5.02 Å². The molecule has 1 aliphatic heterocycles. The zero-order chi connectivity index (χ0) is 13.3. The van der Waals surface area contributed by atoms with E-state index in [4.69, 9.17) is 11.6 Å². The van der Waals surface area contributed by atoms with Crippen LogP contribution in [0.15, 0.2) is 17.0 Å². The standard InChI is InChI=1S/C11H11ClF2O3S/c12-6-3-7-9(8(4-6)17-10(13)14)18-2-1-11(7,16)5-15/h3-4,10,15-16H,1-2,5H2. The maximum Gasteiger partial charge on any atom is 0.387 e. The highest BCUT2D eigenvalue weighted by atomic mass is 35.5. The zero-order valence-electron chi connectivity index (χ0n) is 9.20. The molecule has 0 saturated heterocycles. The molecule has 1 heterocycles. The first kappa shape index (κ1) is 13.9. The van der Waals surface area contributed by atoms with Crippen LogP contribution in [0, 0.1) is 0 Å². The van der Waals surface area contributed by atoms with Gasteiger partial charge in [0.25, 0.3) is 0 Å². The Morgan fingerprint density at radius 3 is 2.83 bits per heavy atom. The summed E-state index contributed by atoms with van der Waals surface area (Å²) >= 11 is 7.12. The van der Waals surface area contributed by atoms with Crippen LogP contribution in [0.4, 0.5) is 8.78 Å². The zero-order valence-corrected chi connectivity index (χ0v) is 10.8. The molecule has 3 nitrogen and oxygen atoms in total. The van der Waals surface area contributed by atoms with Gasteiger partial charge in [0.05, 0.1) is 11.5 Å². The second kappa shape index (κ2) is 5.21. The lowest BCUT2D eigenvalue weighted by Crippen LogP contribution is -2.34. The Hall–Kier alpha value is -0.560. The van der Waals surface area contributed by atoms with E-state index < -0.39 is 18.8 Å². The van der Waals surface area contributed by atoms with Crippen molar-refractivity contribution in [2.75, 3.05) is 12.4 Å². The number of thioether (sulfide) groups is 1. The SMILES string of the molecule is OCC1(O)CCSc2c(OC(F)F)cc(Cl)cc21. The van der Waals surface area contributed by atoms with Crippen molar-refractivity contribution in [3.63, 3.8) is 0 Å². The first-order chi connectivity index (χ1) is 8.46. The van der Waals surface area contributed by atoms with Crippen LogP contribution in [-0.2, 0) is 5.60 Å². The van der Waals surface area contributed by atoms with E-state index in [1.54, 1.807) is 0 Å². The van der Waals surface area contributed by atoms with Crippen molar-refractivity contribution in [2.24, 2.45) is 0 Å². The Bertz CT molecular complexity index is 458. The minimum absolute atomic E-state index is 0.0657. The van der Waals surface area contributed by atoms with Gasteiger partial charge in [0.1, 0.15) is 11.4 Å². The van der Waals surface area contributed by atoms with Crippen LogP contribution < -0.4 is 4.74 Å². The molecule has 1 aromatic carbocycles. The van der Waals surface area contributed by atoms with E-state index in [0.29, 0.717) is 22.6 Å². The van der Waals surface area contributed by atoms with Crippen molar-refractivity contribution >= 4 is 23.4 Å². The van der Waals surface area contributed by atoms with Crippen molar-refractivity contribution in [3.05, 3.63) is 22.7 Å². The number of alkyl halides is 2. The van der Waals surface area contributed by atoms with Crippen molar-refractivity contribution in [1.82, 2.24) is 0 Å². The van der Waals surface area contributed by atoms with E-state index in [1.807, 2.05) is 0 Å². The highest BCUT2D eigenvalue weighted by molar-refractivity contribution is 7.99. The van der Waals surface area contributed by atoms with Gasteiger partial charge in [-0.05, 0) is 12.5 Å². The molecule has 1 atom stereocenters. The van der Waals surface area contributed by atoms with Gasteiger partial charge in [0, 0.05) is 22.4 Å². The van der Waals surface area contributed by atoms with Gasteiger partial charge < -0.3 is 14.9 Å². The van der Waals surface area contributed by atoms with Crippen LogP contribution in [0.1, 0.15) is 12.0 Å². The largest absolute Gasteiger partial charge is 0.434 e. The Kier molecular flexibility index (Phi) is 4.01. The summed E-state index contributed by atoms with van der Waals surface area (Å²) in [5.74, 6) is 0.440. The average Bonchev–Trinajstić information content (AvgIpc) is 2.30. The average molecular weight is 297 g/mol. The van der Waals surface area contributed by atoms with E-state index in [-0.39, 0.29) is 10.8 Å². The number of benzene rings is 1. The van der Waals surface area contributed by atoms with E-state index >= 15 is 0 Å². The molecule has 0 bridgehead atoms. The van der Waals surface area contributed by atoms with Gasteiger partial charge in [0.2, 0.25) is 0 Å². The second-order valence-electron chi connectivity index (χ2n) is 3.95. The molecule has 18 heavy (non-hydrogen) atoms. The molecule has 1 aromatic rings. The van der Waals surface area contributed by atoms with E-state index in [1.165, 1.54) is 23.9 Å². The van der Waals surface area contributed by atoms with Crippen LogP contribution in [-0.4, -0.2) is 29.2 Å². The molecule has 1 aliphatic rings. The van der Waals surface area contributed by atoms with Crippen molar-refractivity contribution < 1.29 is 23.7 Å². The summed E-state index contributed by atoms with van der Waals surface area (Å²) in [4.78, 5) is 0.405. The molecule has 0 fully saturated rings. The summed E-state index contributed by atoms with van der Waals surface area (Å²) in [6, 6.07) is 2.75. The van der Waals surface area contributed by atoms with Gasteiger partial charge in [-0.25, -0.2) is 0 Å².